The Bertz CT molecular complexity index is 372. The van der Waals surface area contributed by atoms with E-state index in [2.05, 4.69) is 10.6 Å². The van der Waals surface area contributed by atoms with Gasteiger partial charge in [0.05, 0.1) is 6.10 Å². The minimum Gasteiger partial charge on any atom is -0.391 e. The van der Waals surface area contributed by atoms with E-state index in [1.54, 1.807) is 0 Å². The summed E-state index contributed by atoms with van der Waals surface area (Å²) in [6.07, 6.45) is -0.341. The molecule has 2 rings (SSSR count). The van der Waals surface area contributed by atoms with E-state index in [9.17, 15) is 13.9 Å². The molecule has 0 radical (unpaired) electrons. The van der Waals surface area contributed by atoms with Gasteiger partial charge in [0.1, 0.15) is 11.6 Å². The van der Waals surface area contributed by atoms with Crippen LogP contribution >= 0.6 is 12.4 Å². The fourth-order valence-electron chi connectivity index (χ4n) is 2.04. The maximum Gasteiger partial charge on any atom is 0.126 e. The van der Waals surface area contributed by atoms with Crippen LogP contribution in [0.3, 0.4) is 0 Å². The number of hydrogen-bond donors (Lipinski definition) is 3. The molecule has 3 N–H and O–H groups in total. The van der Waals surface area contributed by atoms with Crippen molar-refractivity contribution < 1.29 is 13.9 Å². The summed E-state index contributed by atoms with van der Waals surface area (Å²) < 4.78 is 25.8. The average molecular weight is 279 g/mol. The van der Waals surface area contributed by atoms with Gasteiger partial charge in [0.25, 0.3) is 0 Å². The first-order valence-corrected chi connectivity index (χ1v) is 5.69. The van der Waals surface area contributed by atoms with E-state index in [-0.39, 0.29) is 24.4 Å². The fourth-order valence-corrected chi connectivity index (χ4v) is 2.04. The Labute approximate surface area is 111 Å². The molecule has 2 unspecified atom stereocenters. The largest absolute Gasteiger partial charge is 0.391 e. The molecule has 6 heteroatoms. The number of hydrogen-bond acceptors (Lipinski definition) is 3. The summed E-state index contributed by atoms with van der Waals surface area (Å²) in [4.78, 5) is 0. The van der Waals surface area contributed by atoms with Crippen LogP contribution in [0.2, 0.25) is 0 Å². The van der Waals surface area contributed by atoms with Crippen LogP contribution in [-0.2, 0) is 6.54 Å². The van der Waals surface area contributed by atoms with Crippen LogP contribution < -0.4 is 10.6 Å². The third kappa shape index (κ3) is 4.17. The highest BCUT2D eigenvalue weighted by Crippen LogP contribution is 2.09. The topological polar surface area (TPSA) is 44.3 Å². The lowest BCUT2D eigenvalue weighted by Crippen LogP contribution is -2.30. The van der Waals surface area contributed by atoms with E-state index >= 15 is 0 Å². The predicted octanol–water partition coefficient (Wildman–Crippen LogP) is 1.06. The second kappa shape index (κ2) is 6.99. The van der Waals surface area contributed by atoms with Crippen molar-refractivity contribution in [3.8, 4) is 0 Å². The fraction of sp³-hybridized carbons (Fsp3) is 0.500. The molecule has 102 valence electrons. The number of nitrogens with one attached hydrogen (secondary N) is 2. The van der Waals surface area contributed by atoms with Crippen molar-refractivity contribution >= 4 is 12.4 Å². The summed E-state index contributed by atoms with van der Waals surface area (Å²) in [5, 5.41) is 15.7. The van der Waals surface area contributed by atoms with Gasteiger partial charge in [-0.3, -0.25) is 0 Å². The molecule has 18 heavy (non-hydrogen) atoms. The van der Waals surface area contributed by atoms with Crippen LogP contribution in [0.25, 0.3) is 0 Å². The van der Waals surface area contributed by atoms with Gasteiger partial charge in [0, 0.05) is 38.2 Å². The molecular weight excluding hydrogens is 262 g/mol. The lowest BCUT2D eigenvalue weighted by atomic mass is 10.1. The van der Waals surface area contributed by atoms with Crippen molar-refractivity contribution in [1.29, 1.82) is 0 Å². The number of halogens is 3. The Morgan fingerprint density at radius 3 is 2.44 bits per heavy atom. The maximum absolute atomic E-state index is 12.9. The van der Waals surface area contributed by atoms with Crippen LogP contribution in [0.1, 0.15) is 5.56 Å². The third-order valence-corrected chi connectivity index (χ3v) is 2.96. The zero-order chi connectivity index (χ0) is 12.3. The van der Waals surface area contributed by atoms with Crippen LogP contribution in [0.5, 0.6) is 0 Å². The summed E-state index contributed by atoms with van der Waals surface area (Å²) in [6, 6.07) is 3.47. The van der Waals surface area contributed by atoms with E-state index in [4.69, 9.17) is 0 Å². The van der Waals surface area contributed by atoms with Gasteiger partial charge in [-0.05, 0) is 17.7 Å². The average Bonchev–Trinajstić information content (AvgIpc) is 2.63. The molecule has 0 aliphatic carbocycles. The third-order valence-electron chi connectivity index (χ3n) is 2.96. The van der Waals surface area contributed by atoms with Crippen LogP contribution in [-0.4, -0.2) is 30.8 Å². The van der Waals surface area contributed by atoms with Crippen LogP contribution in [0.15, 0.2) is 18.2 Å². The number of aliphatic hydroxyl groups is 1. The predicted molar refractivity (Wildman–Crippen MR) is 67.7 cm³/mol. The standard InChI is InChI=1S/C12H16F2N2O.ClH/c13-10-1-8(2-11(14)3-10)4-15-5-9-6-16-7-12(9)17;/h1-3,9,12,15-17H,4-7H2;1H. The monoisotopic (exact) mass is 278 g/mol. The highest BCUT2D eigenvalue weighted by atomic mass is 35.5. The minimum atomic E-state index is -0.565. The van der Waals surface area contributed by atoms with Gasteiger partial charge < -0.3 is 15.7 Å². The van der Waals surface area contributed by atoms with Gasteiger partial charge >= 0.3 is 0 Å². The van der Waals surface area contributed by atoms with Crippen molar-refractivity contribution in [2.24, 2.45) is 5.92 Å². The van der Waals surface area contributed by atoms with Gasteiger partial charge in [-0.1, -0.05) is 0 Å². The first kappa shape index (κ1) is 15.3. The molecule has 0 saturated carbocycles. The van der Waals surface area contributed by atoms with Crippen molar-refractivity contribution in [2.75, 3.05) is 19.6 Å². The molecule has 1 saturated heterocycles. The number of rotatable bonds is 4. The second-order valence-electron chi connectivity index (χ2n) is 4.39. The zero-order valence-corrected chi connectivity index (χ0v) is 10.6. The highest BCUT2D eigenvalue weighted by Gasteiger charge is 2.23. The van der Waals surface area contributed by atoms with E-state index in [0.717, 1.165) is 12.6 Å². The van der Waals surface area contributed by atoms with Gasteiger partial charge in [0.2, 0.25) is 0 Å². The van der Waals surface area contributed by atoms with Crippen molar-refractivity contribution in [3.05, 3.63) is 35.4 Å². The molecule has 0 bridgehead atoms. The SMILES string of the molecule is Cl.OC1CNCC1CNCc1cc(F)cc(F)c1. The molecule has 0 spiro atoms. The van der Waals surface area contributed by atoms with Crippen molar-refractivity contribution in [3.63, 3.8) is 0 Å². The molecule has 1 aromatic rings. The van der Waals surface area contributed by atoms with Crippen molar-refractivity contribution in [2.45, 2.75) is 12.6 Å². The maximum atomic E-state index is 12.9. The number of benzene rings is 1. The Kier molecular flexibility index (Phi) is 5.95. The zero-order valence-electron chi connectivity index (χ0n) is 9.83. The second-order valence-corrected chi connectivity index (χ2v) is 4.39. The Morgan fingerprint density at radius 2 is 1.89 bits per heavy atom. The normalized spacial score (nSPS) is 22.8. The molecule has 0 amide bonds. The van der Waals surface area contributed by atoms with Crippen molar-refractivity contribution in [1.82, 2.24) is 10.6 Å². The van der Waals surface area contributed by atoms with Crippen LogP contribution in [0, 0.1) is 17.6 Å². The molecule has 1 aromatic carbocycles. The van der Waals surface area contributed by atoms with E-state index in [1.165, 1.54) is 12.1 Å². The minimum absolute atomic E-state index is 0. The summed E-state index contributed by atoms with van der Waals surface area (Å²) >= 11 is 0. The molecule has 1 aliphatic heterocycles. The quantitative estimate of drug-likeness (QED) is 0.772. The van der Waals surface area contributed by atoms with Gasteiger partial charge in [-0.25, -0.2) is 8.78 Å². The molecule has 3 nitrogen and oxygen atoms in total. The molecule has 2 atom stereocenters. The summed E-state index contributed by atoms with van der Waals surface area (Å²) in [5.41, 5.74) is 0.572. The lowest BCUT2D eigenvalue weighted by Gasteiger charge is -2.14. The van der Waals surface area contributed by atoms with Crippen LogP contribution in [0.4, 0.5) is 8.78 Å². The lowest BCUT2D eigenvalue weighted by molar-refractivity contribution is 0.146. The smallest absolute Gasteiger partial charge is 0.126 e. The summed E-state index contributed by atoms with van der Waals surface area (Å²) in [6.45, 7) is 2.41. The molecule has 1 heterocycles. The Morgan fingerprint density at radius 1 is 1.22 bits per heavy atom. The number of aliphatic hydroxyl groups excluding tert-OH is 1. The number of β-amino-alcohol motifs (C(OH)–C–C–N with tert-alkyl or cyclic N) is 1. The molecule has 1 aliphatic rings. The van der Waals surface area contributed by atoms with Gasteiger partial charge in [0.15, 0.2) is 0 Å². The Hall–Kier alpha value is -0.750. The summed E-state index contributed by atoms with van der Waals surface area (Å²) in [7, 11) is 0. The summed E-state index contributed by atoms with van der Waals surface area (Å²) in [5.74, 6) is -0.970. The Balaban J connectivity index is 0.00000162. The van der Waals surface area contributed by atoms with Gasteiger partial charge in [-0.2, -0.15) is 0 Å². The van der Waals surface area contributed by atoms with Gasteiger partial charge in [-0.15, -0.1) is 12.4 Å². The molecule has 1 fully saturated rings. The first-order chi connectivity index (χ1) is 8.15. The first-order valence-electron chi connectivity index (χ1n) is 5.69. The van der Waals surface area contributed by atoms with E-state index < -0.39 is 11.6 Å². The molecule has 0 aromatic heterocycles. The van der Waals surface area contributed by atoms with E-state index in [1.807, 2.05) is 0 Å². The molecular formula is C12H17ClF2N2O. The highest BCUT2D eigenvalue weighted by molar-refractivity contribution is 5.85. The van der Waals surface area contributed by atoms with E-state index in [0.29, 0.717) is 25.2 Å².